The number of aliphatic hydroxyl groups excluding tert-OH is 1. The van der Waals surface area contributed by atoms with Crippen LogP contribution < -0.4 is 0 Å². The first-order valence-electron chi connectivity index (χ1n) is 7.76. The SMILES string of the molecule is OC1c2c(Cl)cnn2CCC1C1c2ccccc2-c2cncn21. The molecule has 0 amide bonds. The first-order valence-corrected chi connectivity index (χ1v) is 8.14. The molecule has 3 atom stereocenters. The fraction of sp³-hybridized carbons (Fsp3) is 0.294. The summed E-state index contributed by atoms with van der Waals surface area (Å²) in [6, 6.07) is 8.45. The molecule has 1 N–H and O–H groups in total. The smallest absolute Gasteiger partial charge is 0.102 e. The number of nitrogens with zero attached hydrogens (tertiary/aromatic N) is 4. The number of imidazole rings is 1. The van der Waals surface area contributed by atoms with Gasteiger partial charge in [-0.3, -0.25) is 4.68 Å². The second kappa shape index (κ2) is 4.69. The van der Waals surface area contributed by atoms with Gasteiger partial charge in [0.05, 0.1) is 41.2 Å². The van der Waals surface area contributed by atoms with E-state index >= 15 is 0 Å². The molecule has 116 valence electrons. The van der Waals surface area contributed by atoms with Gasteiger partial charge in [0.15, 0.2) is 0 Å². The molecule has 5 nitrogen and oxygen atoms in total. The van der Waals surface area contributed by atoms with Crippen LogP contribution in [0.15, 0.2) is 43.0 Å². The van der Waals surface area contributed by atoms with Crippen LogP contribution >= 0.6 is 11.6 Å². The Morgan fingerprint density at radius 1 is 1.22 bits per heavy atom. The van der Waals surface area contributed by atoms with Gasteiger partial charge in [-0.25, -0.2) is 4.98 Å². The third kappa shape index (κ3) is 1.72. The van der Waals surface area contributed by atoms with E-state index in [4.69, 9.17) is 11.6 Å². The molecular weight excluding hydrogens is 312 g/mol. The normalized spacial score (nSPS) is 25.0. The monoisotopic (exact) mass is 326 g/mol. The molecule has 2 aromatic heterocycles. The minimum atomic E-state index is -0.634. The van der Waals surface area contributed by atoms with Crippen LogP contribution in [0.4, 0.5) is 0 Å². The van der Waals surface area contributed by atoms with Crippen LogP contribution in [0.25, 0.3) is 11.3 Å². The molecule has 0 saturated heterocycles. The molecule has 4 heterocycles. The van der Waals surface area contributed by atoms with Crippen molar-refractivity contribution >= 4 is 11.6 Å². The van der Waals surface area contributed by atoms with Crippen molar-refractivity contribution in [2.45, 2.75) is 25.1 Å². The average Bonchev–Trinajstić information content (AvgIpc) is 3.23. The first kappa shape index (κ1) is 13.3. The van der Waals surface area contributed by atoms with Gasteiger partial charge in [0, 0.05) is 18.0 Å². The highest BCUT2D eigenvalue weighted by atomic mass is 35.5. The van der Waals surface area contributed by atoms with Gasteiger partial charge in [-0.15, -0.1) is 0 Å². The quantitative estimate of drug-likeness (QED) is 0.747. The highest BCUT2D eigenvalue weighted by Gasteiger charge is 2.41. The van der Waals surface area contributed by atoms with E-state index in [-0.39, 0.29) is 12.0 Å². The number of aryl methyl sites for hydroxylation is 1. The topological polar surface area (TPSA) is 55.9 Å². The summed E-state index contributed by atoms with van der Waals surface area (Å²) in [6.07, 6.45) is 5.59. The zero-order valence-corrected chi connectivity index (χ0v) is 13.1. The zero-order chi connectivity index (χ0) is 15.6. The van der Waals surface area contributed by atoms with Gasteiger partial charge in [-0.2, -0.15) is 5.10 Å². The van der Waals surface area contributed by atoms with Crippen molar-refractivity contribution in [1.82, 2.24) is 19.3 Å². The van der Waals surface area contributed by atoms with Crippen LogP contribution in [0.5, 0.6) is 0 Å². The number of aliphatic hydroxyl groups is 1. The lowest BCUT2D eigenvalue weighted by atomic mass is 9.83. The van der Waals surface area contributed by atoms with E-state index in [9.17, 15) is 5.11 Å². The van der Waals surface area contributed by atoms with Gasteiger partial charge in [0.2, 0.25) is 0 Å². The van der Waals surface area contributed by atoms with E-state index < -0.39 is 6.10 Å². The Labute approximate surface area is 138 Å². The number of halogens is 1. The second-order valence-corrected chi connectivity index (χ2v) is 6.62. The van der Waals surface area contributed by atoms with Gasteiger partial charge >= 0.3 is 0 Å². The lowest BCUT2D eigenvalue weighted by molar-refractivity contribution is 0.0526. The molecule has 2 aliphatic heterocycles. The summed E-state index contributed by atoms with van der Waals surface area (Å²) in [5.41, 5.74) is 4.29. The highest BCUT2D eigenvalue weighted by Crippen LogP contribution is 2.49. The van der Waals surface area contributed by atoms with Crippen LogP contribution in [0.2, 0.25) is 5.02 Å². The van der Waals surface area contributed by atoms with E-state index in [1.807, 2.05) is 23.3 Å². The number of hydrogen-bond acceptors (Lipinski definition) is 3. The molecule has 0 radical (unpaired) electrons. The number of aromatic nitrogens is 4. The van der Waals surface area contributed by atoms with E-state index in [0.717, 1.165) is 24.4 Å². The van der Waals surface area contributed by atoms with Crippen molar-refractivity contribution in [3.8, 4) is 11.3 Å². The maximum Gasteiger partial charge on any atom is 0.102 e. The maximum atomic E-state index is 11.0. The van der Waals surface area contributed by atoms with Crippen molar-refractivity contribution in [3.63, 3.8) is 0 Å². The molecule has 0 spiro atoms. The largest absolute Gasteiger partial charge is 0.386 e. The Morgan fingerprint density at radius 2 is 2.09 bits per heavy atom. The standard InChI is InChI=1S/C17H15ClN4O/c18-13-7-20-22-6-5-12(17(23)16(13)22)15-11-4-2-1-3-10(11)14-8-19-9-21(14)15/h1-4,7-9,12,15,17,23H,5-6H2. The summed E-state index contributed by atoms with van der Waals surface area (Å²) in [7, 11) is 0. The van der Waals surface area contributed by atoms with E-state index in [2.05, 4.69) is 32.8 Å². The summed E-state index contributed by atoms with van der Waals surface area (Å²) >= 11 is 6.24. The fourth-order valence-electron chi connectivity index (χ4n) is 4.12. The molecule has 0 saturated carbocycles. The molecule has 0 fully saturated rings. The van der Waals surface area contributed by atoms with E-state index in [1.165, 1.54) is 11.1 Å². The molecule has 0 bridgehead atoms. The van der Waals surface area contributed by atoms with Crippen molar-refractivity contribution in [2.75, 3.05) is 0 Å². The Kier molecular flexibility index (Phi) is 2.72. The van der Waals surface area contributed by atoms with Crippen molar-refractivity contribution < 1.29 is 5.11 Å². The summed E-state index contributed by atoms with van der Waals surface area (Å²) in [5.74, 6) is 0.0494. The number of rotatable bonds is 1. The predicted octanol–water partition coefficient (Wildman–Crippen LogP) is 3.06. The third-order valence-electron chi connectivity index (χ3n) is 5.12. The molecule has 6 heteroatoms. The molecule has 3 unspecified atom stereocenters. The van der Waals surface area contributed by atoms with Crippen molar-refractivity contribution in [1.29, 1.82) is 0 Å². The minimum absolute atomic E-state index is 0.0494. The summed E-state index contributed by atoms with van der Waals surface area (Å²) < 4.78 is 4.00. The van der Waals surface area contributed by atoms with Crippen molar-refractivity contribution in [2.24, 2.45) is 5.92 Å². The average molecular weight is 327 g/mol. The van der Waals surface area contributed by atoms with Gasteiger partial charge in [0.25, 0.3) is 0 Å². The van der Waals surface area contributed by atoms with Crippen LogP contribution in [0.3, 0.4) is 0 Å². The van der Waals surface area contributed by atoms with Crippen LogP contribution in [0.1, 0.15) is 29.8 Å². The number of fused-ring (bicyclic) bond motifs is 4. The van der Waals surface area contributed by atoms with Gasteiger partial charge in [-0.05, 0) is 12.0 Å². The summed E-state index contributed by atoms with van der Waals surface area (Å²) in [4.78, 5) is 4.30. The highest BCUT2D eigenvalue weighted by molar-refractivity contribution is 6.31. The maximum absolute atomic E-state index is 11.0. The van der Waals surface area contributed by atoms with Gasteiger partial charge in [-0.1, -0.05) is 35.9 Å². The van der Waals surface area contributed by atoms with Gasteiger partial charge < -0.3 is 9.67 Å². The third-order valence-corrected chi connectivity index (χ3v) is 5.41. The molecular formula is C17H15ClN4O. The second-order valence-electron chi connectivity index (χ2n) is 6.22. The van der Waals surface area contributed by atoms with E-state index in [0.29, 0.717) is 5.02 Å². The van der Waals surface area contributed by atoms with E-state index in [1.54, 1.807) is 6.20 Å². The fourth-order valence-corrected chi connectivity index (χ4v) is 4.37. The number of hydrogen-bond donors (Lipinski definition) is 1. The Hall–Kier alpha value is -2.11. The lowest BCUT2D eigenvalue weighted by Crippen LogP contribution is -2.31. The summed E-state index contributed by atoms with van der Waals surface area (Å²) in [5, 5.41) is 15.8. The Balaban J connectivity index is 1.65. The molecule has 23 heavy (non-hydrogen) atoms. The van der Waals surface area contributed by atoms with Crippen molar-refractivity contribution in [3.05, 3.63) is 59.3 Å². The first-order chi connectivity index (χ1) is 11.3. The van der Waals surface area contributed by atoms with Crippen LogP contribution in [-0.4, -0.2) is 24.4 Å². The molecule has 0 aliphatic carbocycles. The van der Waals surface area contributed by atoms with Crippen LogP contribution in [-0.2, 0) is 6.54 Å². The zero-order valence-electron chi connectivity index (χ0n) is 12.3. The predicted molar refractivity (Wildman–Crippen MR) is 86.1 cm³/mol. The van der Waals surface area contributed by atoms with Crippen LogP contribution in [0, 0.1) is 5.92 Å². The lowest BCUT2D eigenvalue weighted by Gasteiger charge is -2.34. The Morgan fingerprint density at radius 3 is 3.00 bits per heavy atom. The molecule has 3 aromatic rings. The number of benzene rings is 1. The Bertz CT molecular complexity index is 900. The molecule has 2 aliphatic rings. The van der Waals surface area contributed by atoms with Gasteiger partial charge in [0.1, 0.15) is 6.10 Å². The minimum Gasteiger partial charge on any atom is -0.386 e. The molecule has 1 aromatic carbocycles. The molecule has 5 rings (SSSR count). The summed E-state index contributed by atoms with van der Waals surface area (Å²) in [6.45, 7) is 0.770.